The van der Waals surface area contributed by atoms with E-state index in [4.69, 9.17) is 0 Å². The van der Waals surface area contributed by atoms with Gasteiger partial charge in [-0.1, -0.05) is 37.3 Å². The second kappa shape index (κ2) is 4.41. The maximum atomic E-state index is 11.1. The molecule has 1 aromatic heterocycles. The minimum atomic E-state index is 0.612. The van der Waals surface area contributed by atoms with Gasteiger partial charge in [0, 0.05) is 17.8 Å². The smallest absolute Gasteiger partial charge is 0.170 e. The van der Waals surface area contributed by atoms with E-state index in [1.54, 1.807) is 0 Å². The van der Waals surface area contributed by atoms with Crippen molar-refractivity contribution < 1.29 is 4.79 Å². The van der Waals surface area contributed by atoms with Gasteiger partial charge in [-0.25, -0.2) is 4.98 Å². The summed E-state index contributed by atoms with van der Waals surface area (Å²) in [5, 5.41) is 0. The largest absolute Gasteiger partial charge is 0.327 e. The van der Waals surface area contributed by atoms with E-state index < -0.39 is 0 Å². The third-order valence-corrected chi connectivity index (χ3v) is 3.62. The van der Waals surface area contributed by atoms with Gasteiger partial charge in [-0.05, 0) is 18.8 Å². The maximum absolute atomic E-state index is 11.1. The maximum Gasteiger partial charge on any atom is 0.170 e. The quantitative estimate of drug-likeness (QED) is 0.756. The SMILES string of the molecule is CC1CCc2c(C=O)nc(-c3ccccc3)n2C1. The molecule has 0 amide bonds. The summed E-state index contributed by atoms with van der Waals surface area (Å²) in [5.74, 6) is 1.58. The van der Waals surface area contributed by atoms with Crippen LogP contribution in [0, 0.1) is 5.92 Å². The van der Waals surface area contributed by atoms with Crippen molar-refractivity contribution in [2.24, 2.45) is 5.92 Å². The monoisotopic (exact) mass is 240 g/mol. The van der Waals surface area contributed by atoms with Crippen LogP contribution in [0.25, 0.3) is 11.4 Å². The first-order valence-electron chi connectivity index (χ1n) is 6.39. The third kappa shape index (κ3) is 1.76. The zero-order valence-corrected chi connectivity index (χ0v) is 10.5. The first kappa shape index (κ1) is 11.2. The van der Waals surface area contributed by atoms with Crippen LogP contribution in [0.1, 0.15) is 29.5 Å². The predicted octanol–water partition coefficient (Wildman–Crippen LogP) is 2.94. The fourth-order valence-corrected chi connectivity index (χ4v) is 2.65. The molecule has 0 saturated heterocycles. The summed E-state index contributed by atoms with van der Waals surface area (Å²) in [7, 11) is 0. The number of rotatable bonds is 2. The summed E-state index contributed by atoms with van der Waals surface area (Å²) < 4.78 is 2.22. The lowest BCUT2D eigenvalue weighted by molar-refractivity contribution is 0.111. The van der Waals surface area contributed by atoms with E-state index in [1.165, 1.54) is 0 Å². The minimum Gasteiger partial charge on any atom is -0.327 e. The van der Waals surface area contributed by atoms with Crippen LogP contribution >= 0.6 is 0 Å². The second-order valence-corrected chi connectivity index (χ2v) is 5.01. The van der Waals surface area contributed by atoms with Gasteiger partial charge in [0.1, 0.15) is 11.5 Å². The summed E-state index contributed by atoms with van der Waals surface area (Å²) in [6.45, 7) is 3.21. The Hall–Kier alpha value is -1.90. The number of benzene rings is 1. The van der Waals surface area contributed by atoms with Crippen LogP contribution in [-0.4, -0.2) is 15.8 Å². The van der Waals surface area contributed by atoms with Gasteiger partial charge in [0.05, 0.1) is 0 Å². The first-order chi connectivity index (χ1) is 8.79. The van der Waals surface area contributed by atoms with Gasteiger partial charge in [-0.3, -0.25) is 4.79 Å². The summed E-state index contributed by atoms with van der Waals surface area (Å²) in [5.41, 5.74) is 2.80. The summed E-state index contributed by atoms with van der Waals surface area (Å²) in [6, 6.07) is 10.1. The number of carbonyl (C=O) groups excluding carboxylic acids is 1. The Morgan fingerprint density at radius 1 is 1.33 bits per heavy atom. The molecule has 0 fully saturated rings. The Labute approximate surface area is 106 Å². The van der Waals surface area contributed by atoms with Gasteiger partial charge in [-0.15, -0.1) is 0 Å². The molecule has 2 heterocycles. The fraction of sp³-hybridized carbons (Fsp3) is 0.333. The number of aromatic nitrogens is 2. The molecule has 0 bridgehead atoms. The van der Waals surface area contributed by atoms with E-state index in [0.29, 0.717) is 11.6 Å². The third-order valence-electron chi connectivity index (χ3n) is 3.62. The Morgan fingerprint density at radius 3 is 2.83 bits per heavy atom. The van der Waals surface area contributed by atoms with Crippen LogP contribution in [0.15, 0.2) is 30.3 Å². The van der Waals surface area contributed by atoms with Gasteiger partial charge < -0.3 is 4.57 Å². The Bertz CT molecular complexity index is 572. The van der Waals surface area contributed by atoms with Crippen LogP contribution in [-0.2, 0) is 13.0 Å². The molecule has 0 saturated carbocycles. The molecule has 1 unspecified atom stereocenters. The van der Waals surface area contributed by atoms with E-state index in [0.717, 1.165) is 42.8 Å². The van der Waals surface area contributed by atoms with Crippen LogP contribution in [0.5, 0.6) is 0 Å². The van der Waals surface area contributed by atoms with Gasteiger partial charge in [0.15, 0.2) is 6.29 Å². The van der Waals surface area contributed by atoms with Crippen molar-refractivity contribution >= 4 is 6.29 Å². The molecule has 3 nitrogen and oxygen atoms in total. The van der Waals surface area contributed by atoms with E-state index in [2.05, 4.69) is 16.5 Å². The molecule has 0 radical (unpaired) electrons. The molecule has 3 rings (SSSR count). The molecule has 1 aromatic carbocycles. The van der Waals surface area contributed by atoms with Crippen LogP contribution in [0.4, 0.5) is 0 Å². The number of carbonyl (C=O) groups is 1. The van der Waals surface area contributed by atoms with Crippen LogP contribution in [0.2, 0.25) is 0 Å². The van der Waals surface area contributed by atoms with Crippen molar-refractivity contribution in [2.45, 2.75) is 26.3 Å². The average Bonchev–Trinajstić information content (AvgIpc) is 2.77. The minimum absolute atomic E-state index is 0.612. The number of hydrogen-bond acceptors (Lipinski definition) is 2. The standard InChI is InChI=1S/C15H16N2O/c1-11-7-8-14-13(10-18)16-15(17(14)9-11)12-5-3-2-4-6-12/h2-6,10-11H,7-9H2,1H3. The van der Waals surface area contributed by atoms with E-state index in [1.807, 2.05) is 30.3 Å². The fourth-order valence-electron chi connectivity index (χ4n) is 2.65. The number of nitrogens with zero attached hydrogens (tertiary/aromatic N) is 2. The molecule has 92 valence electrons. The molecule has 1 atom stereocenters. The lowest BCUT2D eigenvalue weighted by Crippen LogP contribution is -2.19. The number of hydrogen-bond donors (Lipinski definition) is 0. The van der Waals surface area contributed by atoms with Gasteiger partial charge in [-0.2, -0.15) is 0 Å². The van der Waals surface area contributed by atoms with Gasteiger partial charge >= 0.3 is 0 Å². The molecule has 0 aliphatic carbocycles. The molecule has 1 aliphatic heterocycles. The van der Waals surface area contributed by atoms with Crippen molar-refractivity contribution in [1.29, 1.82) is 0 Å². The first-order valence-corrected chi connectivity index (χ1v) is 6.39. The number of imidazole rings is 1. The number of aldehydes is 1. The second-order valence-electron chi connectivity index (χ2n) is 5.01. The van der Waals surface area contributed by atoms with Crippen LogP contribution < -0.4 is 0 Å². The van der Waals surface area contributed by atoms with Crippen molar-refractivity contribution in [3.63, 3.8) is 0 Å². The molecule has 1 aliphatic rings. The molecule has 18 heavy (non-hydrogen) atoms. The molecule has 0 spiro atoms. The Kier molecular flexibility index (Phi) is 2.74. The normalized spacial score (nSPS) is 18.4. The van der Waals surface area contributed by atoms with Crippen molar-refractivity contribution in [3.8, 4) is 11.4 Å². The van der Waals surface area contributed by atoms with Crippen molar-refractivity contribution in [3.05, 3.63) is 41.7 Å². The molecular formula is C15H16N2O. The summed E-state index contributed by atoms with van der Waals surface area (Å²) in [6.07, 6.45) is 2.98. The highest BCUT2D eigenvalue weighted by molar-refractivity contribution is 5.76. The Balaban J connectivity index is 2.16. The average molecular weight is 240 g/mol. The van der Waals surface area contributed by atoms with Gasteiger partial charge in [0.2, 0.25) is 0 Å². The highest BCUT2D eigenvalue weighted by Crippen LogP contribution is 2.28. The van der Waals surface area contributed by atoms with Gasteiger partial charge in [0.25, 0.3) is 0 Å². The molecular weight excluding hydrogens is 224 g/mol. The molecule has 3 heteroatoms. The summed E-state index contributed by atoms with van der Waals surface area (Å²) in [4.78, 5) is 15.6. The zero-order valence-electron chi connectivity index (χ0n) is 10.5. The van der Waals surface area contributed by atoms with Crippen molar-refractivity contribution in [1.82, 2.24) is 9.55 Å². The number of fused-ring (bicyclic) bond motifs is 1. The lowest BCUT2D eigenvalue weighted by Gasteiger charge is -2.22. The summed E-state index contributed by atoms with van der Waals surface area (Å²) >= 11 is 0. The topological polar surface area (TPSA) is 34.9 Å². The predicted molar refractivity (Wildman–Crippen MR) is 70.5 cm³/mol. The Morgan fingerprint density at radius 2 is 2.11 bits per heavy atom. The highest BCUT2D eigenvalue weighted by Gasteiger charge is 2.23. The lowest BCUT2D eigenvalue weighted by atomic mass is 9.99. The van der Waals surface area contributed by atoms with Crippen LogP contribution in [0.3, 0.4) is 0 Å². The highest BCUT2D eigenvalue weighted by atomic mass is 16.1. The molecule has 2 aromatic rings. The zero-order chi connectivity index (χ0) is 12.5. The van der Waals surface area contributed by atoms with E-state index in [-0.39, 0.29) is 0 Å². The van der Waals surface area contributed by atoms with E-state index in [9.17, 15) is 4.79 Å². The molecule has 0 N–H and O–H groups in total. The van der Waals surface area contributed by atoms with Crippen molar-refractivity contribution in [2.75, 3.05) is 0 Å². The van der Waals surface area contributed by atoms with E-state index >= 15 is 0 Å².